The van der Waals surface area contributed by atoms with Crippen molar-refractivity contribution in [1.29, 1.82) is 0 Å². The number of aromatic nitrogens is 1. The van der Waals surface area contributed by atoms with Gasteiger partial charge in [-0.15, -0.1) is 12.4 Å². The van der Waals surface area contributed by atoms with Crippen molar-refractivity contribution in [3.05, 3.63) is 68.5 Å². The van der Waals surface area contributed by atoms with Crippen molar-refractivity contribution in [3.63, 3.8) is 0 Å². The quantitative estimate of drug-likeness (QED) is 0.603. The first-order valence-electron chi connectivity index (χ1n) is 9.44. The number of β-amino-alcohol motifs (C(OH)–C–C–N with tert-alkyl or cyclic N) is 1. The molecule has 1 N–H and O–H groups in total. The zero-order chi connectivity index (χ0) is 19.7. The highest BCUT2D eigenvalue weighted by molar-refractivity contribution is 7.16. The van der Waals surface area contributed by atoms with Crippen molar-refractivity contribution in [3.8, 4) is 0 Å². The van der Waals surface area contributed by atoms with Crippen molar-refractivity contribution in [2.24, 2.45) is 5.92 Å². The predicted molar refractivity (Wildman–Crippen MR) is 119 cm³/mol. The Morgan fingerprint density at radius 1 is 1.17 bits per heavy atom. The molecule has 29 heavy (non-hydrogen) atoms. The van der Waals surface area contributed by atoms with Crippen LogP contribution in [-0.4, -0.2) is 34.2 Å². The minimum Gasteiger partial charge on any atom is -0.387 e. The van der Waals surface area contributed by atoms with E-state index in [1.807, 2.05) is 22.8 Å². The number of nitrogens with zero attached hydrogens (tertiary/aromatic N) is 2. The number of benzene rings is 2. The molecule has 1 fully saturated rings. The van der Waals surface area contributed by atoms with Gasteiger partial charge in [0.05, 0.1) is 16.3 Å². The van der Waals surface area contributed by atoms with Crippen LogP contribution in [0.3, 0.4) is 0 Å². The van der Waals surface area contributed by atoms with Gasteiger partial charge in [0.2, 0.25) is 0 Å². The number of aliphatic hydroxyl groups is 1. The first-order valence-corrected chi connectivity index (χ1v) is 10.6. The van der Waals surface area contributed by atoms with E-state index in [1.54, 1.807) is 12.1 Å². The lowest BCUT2D eigenvalue weighted by Gasteiger charge is -2.33. The van der Waals surface area contributed by atoms with Crippen molar-refractivity contribution in [1.82, 2.24) is 9.47 Å². The largest absolute Gasteiger partial charge is 0.387 e. The van der Waals surface area contributed by atoms with Crippen LogP contribution in [0.15, 0.2) is 47.3 Å². The second-order valence-electron chi connectivity index (χ2n) is 7.40. The molecule has 2 heterocycles. The number of thiazole rings is 1. The molecule has 4 rings (SSSR count). The van der Waals surface area contributed by atoms with Crippen LogP contribution < -0.4 is 4.87 Å². The van der Waals surface area contributed by atoms with Crippen LogP contribution in [-0.2, 0) is 6.54 Å². The summed E-state index contributed by atoms with van der Waals surface area (Å²) >= 11 is 7.37. The van der Waals surface area contributed by atoms with E-state index in [-0.39, 0.29) is 23.1 Å². The molecule has 1 aliphatic rings. The fourth-order valence-electron chi connectivity index (χ4n) is 3.85. The van der Waals surface area contributed by atoms with Crippen molar-refractivity contribution < 1.29 is 9.50 Å². The standard InChI is InChI=1S/C21H22ClFN2O2S.ClH/c22-16-3-6-20-18(11-16)25(21(27)28-20)12-14-7-9-24(10-8-14)13-19(26)15-1-4-17(23)5-2-15;/h1-6,11,14,19,26H,7-10,12-13H2;1H/t19-;/m1./s1. The molecule has 0 aliphatic carbocycles. The Bertz CT molecular complexity index is 1010. The zero-order valence-corrected chi connectivity index (χ0v) is 18.2. The molecule has 0 amide bonds. The number of hydrogen-bond acceptors (Lipinski definition) is 4. The molecular weight excluding hydrogens is 434 g/mol. The molecule has 1 saturated heterocycles. The van der Waals surface area contributed by atoms with E-state index in [2.05, 4.69) is 4.90 Å². The van der Waals surface area contributed by atoms with Crippen LogP contribution in [0.5, 0.6) is 0 Å². The number of piperidine rings is 1. The minimum absolute atomic E-state index is 0. The van der Waals surface area contributed by atoms with Gasteiger partial charge in [-0.1, -0.05) is 35.1 Å². The average Bonchev–Trinajstić information content (AvgIpc) is 2.98. The lowest BCUT2D eigenvalue weighted by Crippen LogP contribution is -2.38. The summed E-state index contributed by atoms with van der Waals surface area (Å²) in [5.74, 6) is 0.128. The first kappa shape index (κ1) is 22.2. The van der Waals surface area contributed by atoms with E-state index in [9.17, 15) is 14.3 Å². The van der Waals surface area contributed by atoms with E-state index in [0.717, 1.165) is 41.7 Å². The molecule has 3 aromatic rings. The average molecular weight is 457 g/mol. The molecule has 156 valence electrons. The Hall–Kier alpha value is -1.44. The van der Waals surface area contributed by atoms with Gasteiger partial charge in [0.25, 0.3) is 0 Å². The summed E-state index contributed by atoms with van der Waals surface area (Å²) in [6.45, 7) is 2.99. The van der Waals surface area contributed by atoms with Crippen LogP contribution in [0.25, 0.3) is 10.2 Å². The summed E-state index contributed by atoms with van der Waals surface area (Å²) in [6, 6.07) is 11.6. The molecule has 2 aromatic carbocycles. The van der Waals surface area contributed by atoms with E-state index < -0.39 is 6.10 Å². The Morgan fingerprint density at radius 3 is 2.55 bits per heavy atom. The summed E-state index contributed by atoms with van der Waals surface area (Å²) < 4.78 is 15.8. The highest BCUT2D eigenvalue weighted by Crippen LogP contribution is 2.26. The van der Waals surface area contributed by atoms with Crippen molar-refractivity contribution >= 4 is 45.6 Å². The Labute approximate surface area is 183 Å². The second-order valence-corrected chi connectivity index (χ2v) is 8.83. The summed E-state index contributed by atoms with van der Waals surface area (Å²) in [5, 5.41) is 11.0. The normalized spacial score (nSPS) is 16.7. The minimum atomic E-state index is -0.622. The number of aliphatic hydroxyl groups excluding tert-OH is 1. The van der Waals surface area contributed by atoms with Gasteiger partial charge < -0.3 is 10.0 Å². The Morgan fingerprint density at radius 2 is 1.86 bits per heavy atom. The van der Waals surface area contributed by atoms with Crippen LogP contribution in [0.1, 0.15) is 24.5 Å². The summed E-state index contributed by atoms with van der Waals surface area (Å²) in [5.41, 5.74) is 1.65. The highest BCUT2D eigenvalue weighted by Gasteiger charge is 2.23. The van der Waals surface area contributed by atoms with Gasteiger partial charge in [-0.25, -0.2) is 4.39 Å². The number of halogens is 3. The molecule has 0 radical (unpaired) electrons. The first-order chi connectivity index (χ1) is 13.5. The van der Waals surface area contributed by atoms with Gasteiger partial charge in [0.1, 0.15) is 5.82 Å². The summed E-state index contributed by atoms with van der Waals surface area (Å²) in [4.78, 5) is 14.7. The molecule has 1 atom stereocenters. The van der Waals surface area contributed by atoms with Crippen LogP contribution in [0.4, 0.5) is 4.39 Å². The predicted octanol–water partition coefficient (Wildman–Crippen LogP) is 4.72. The molecule has 0 saturated carbocycles. The highest BCUT2D eigenvalue weighted by atomic mass is 35.5. The van der Waals surface area contributed by atoms with Gasteiger partial charge in [-0.2, -0.15) is 0 Å². The van der Waals surface area contributed by atoms with Crippen molar-refractivity contribution in [2.75, 3.05) is 19.6 Å². The molecule has 1 aromatic heterocycles. The summed E-state index contributed by atoms with van der Waals surface area (Å²) in [6.07, 6.45) is 1.32. The fraction of sp³-hybridized carbons (Fsp3) is 0.381. The zero-order valence-electron chi connectivity index (χ0n) is 15.8. The van der Waals surface area contributed by atoms with Crippen LogP contribution in [0, 0.1) is 11.7 Å². The van der Waals surface area contributed by atoms with E-state index in [4.69, 9.17) is 11.6 Å². The lowest BCUT2D eigenvalue weighted by atomic mass is 9.96. The summed E-state index contributed by atoms with van der Waals surface area (Å²) in [7, 11) is 0. The molecular formula is C21H23Cl2FN2O2S. The Balaban J connectivity index is 0.00000240. The third-order valence-electron chi connectivity index (χ3n) is 5.46. The van der Waals surface area contributed by atoms with Crippen molar-refractivity contribution in [2.45, 2.75) is 25.5 Å². The van der Waals surface area contributed by atoms with E-state index >= 15 is 0 Å². The van der Waals surface area contributed by atoms with Gasteiger partial charge in [0, 0.05) is 18.1 Å². The fourth-order valence-corrected chi connectivity index (χ4v) is 4.90. The van der Waals surface area contributed by atoms with E-state index in [1.165, 1.54) is 23.5 Å². The van der Waals surface area contributed by atoms with E-state index in [0.29, 0.717) is 24.0 Å². The number of fused-ring (bicyclic) bond motifs is 1. The SMILES string of the molecule is Cl.O=c1sc2ccc(Cl)cc2n1CC1CCN(C[C@@H](O)c2ccc(F)cc2)CC1. The van der Waals surface area contributed by atoms with Gasteiger partial charge in [-0.3, -0.25) is 9.36 Å². The maximum atomic E-state index is 13.0. The number of hydrogen-bond donors (Lipinski definition) is 1. The van der Waals surface area contributed by atoms with Gasteiger partial charge in [-0.05, 0) is 67.7 Å². The third kappa shape index (κ3) is 5.19. The maximum Gasteiger partial charge on any atom is 0.308 e. The monoisotopic (exact) mass is 456 g/mol. The number of likely N-dealkylation sites (tertiary alicyclic amines) is 1. The molecule has 1 aliphatic heterocycles. The third-order valence-corrected chi connectivity index (χ3v) is 6.66. The molecule has 0 spiro atoms. The van der Waals surface area contributed by atoms with Crippen LogP contribution in [0.2, 0.25) is 5.02 Å². The van der Waals surface area contributed by atoms with Crippen LogP contribution >= 0.6 is 35.3 Å². The Kier molecular flexibility index (Phi) is 7.35. The van der Waals surface area contributed by atoms with Gasteiger partial charge in [0.15, 0.2) is 0 Å². The number of rotatable bonds is 5. The topological polar surface area (TPSA) is 45.5 Å². The molecule has 0 unspecified atom stereocenters. The smallest absolute Gasteiger partial charge is 0.308 e. The van der Waals surface area contributed by atoms with Gasteiger partial charge >= 0.3 is 4.87 Å². The maximum absolute atomic E-state index is 13.0. The molecule has 4 nitrogen and oxygen atoms in total. The molecule has 8 heteroatoms. The second kappa shape index (κ2) is 9.58. The molecule has 0 bridgehead atoms. The lowest BCUT2D eigenvalue weighted by molar-refractivity contribution is 0.0867.